The summed E-state index contributed by atoms with van der Waals surface area (Å²) in [5, 5.41) is 0. The SMILES string of the molecule is COc1ccc([C@H]2c3cccn3CCCN2Cc2cccc(C(F)(F)F)c2)c(OC)c1OC. The number of aromatic nitrogens is 1. The summed E-state index contributed by atoms with van der Waals surface area (Å²) >= 11 is 0. The summed E-state index contributed by atoms with van der Waals surface area (Å²) in [6.07, 6.45) is -1.48. The first kappa shape index (κ1) is 23.0. The predicted molar refractivity (Wildman–Crippen MR) is 119 cm³/mol. The van der Waals surface area contributed by atoms with Gasteiger partial charge in [0.15, 0.2) is 11.5 Å². The molecule has 1 aliphatic heterocycles. The molecular formula is C25H27F3N2O3. The average molecular weight is 460 g/mol. The molecule has 2 heterocycles. The van der Waals surface area contributed by atoms with E-state index < -0.39 is 11.7 Å². The van der Waals surface area contributed by atoms with Crippen LogP contribution in [0.4, 0.5) is 13.2 Å². The Balaban J connectivity index is 1.82. The molecule has 0 saturated heterocycles. The largest absolute Gasteiger partial charge is 0.493 e. The normalized spacial score (nSPS) is 16.7. The van der Waals surface area contributed by atoms with Crippen LogP contribution in [0.15, 0.2) is 54.7 Å². The molecular weight excluding hydrogens is 433 g/mol. The number of rotatable bonds is 6. The number of benzene rings is 2. The molecule has 0 N–H and O–H groups in total. The molecule has 1 aliphatic rings. The van der Waals surface area contributed by atoms with Gasteiger partial charge in [-0.2, -0.15) is 13.2 Å². The summed E-state index contributed by atoms with van der Waals surface area (Å²) in [7, 11) is 4.70. The van der Waals surface area contributed by atoms with Crippen LogP contribution in [0, 0.1) is 0 Å². The lowest BCUT2D eigenvalue weighted by Crippen LogP contribution is -2.30. The fourth-order valence-electron chi connectivity index (χ4n) is 4.59. The number of aryl methyl sites for hydroxylation is 1. The summed E-state index contributed by atoms with van der Waals surface area (Å²) in [5.41, 5.74) is 1.88. The topological polar surface area (TPSA) is 35.9 Å². The summed E-state index contributed by atoms with van der Waals surface area (Å²) in [6.45, 7) is 1.89. The lowest BCUT2D eigenvalue weighted by atomic mass is 9.98. The molecule has 0 bridgehead atoms. The number of ether oxygens (including phenoxy) is 3. The van der Waals surface area contributed by atoms with Gasteiger partial charge in [-0.15, -0.1) is 0 Å². The van der Waals surface area contributed by atoms with Crippen molar-refractivity contribution in [3.8, 4) is 17.2 Å². The minimum atomic E-state index is -4.38. The third-order valence-corrected chi connectivity index (χ3v) is 6.02. The number of methoxy groups -OCH3 is 3. The molecule has 176 valence electrons. The lowest BCUT2D eigenvalue weighted by molar-refractivity contribution is -0.137. The Morgan fingerprint density at radius 3 is 2.39 bits per heavy atom. The number of alkyl halides is 3. The third-order valence-electron chi connectivity index (χ3n) is 6.02. The summed E-state index contributed by atoms with van der Waals surface area (Å²) in [6, 6.07) is 13.1. The van der Waals surface area contributed by atoms with E-state index in [1.807, 2.05) is 30.5 Å². The summed E-state index contributed by atoms with van der Waals surface area (Å²) in [5.74, 6) is 1.58. The Labute approximate surface area is 191 Å². The van der Waals surface area contributed by atoms with E-state index >= 15 is 0 Å². The van der Waals surface area contributed by atoms with E-state index in [-0.39, 0.29) is 6.04 Å². The van der Waals surface area contributed by atoms with Crippen molar-refractivity contribution in [2.45, 2.75) is 31.7 Å². The molecule has 0 amide bonds. The smallest absolute Gasteiger partial charge is 0.416 e. The monoisotopic (exact) mass is 460 g/mol. The molecule has 1 aromatic heterocycles. The highest BCUT2D eigenvalue weighted by Gasteiger charge is 2.33. The molecule has 0 fully saturated rings. The maximum absolute atomic E-state index is 13.3. The highest BCUT2D eigenvalue weighted by atomic mass is 19.4. The molecule has 0 saturated carbocycles. The first-order chi connectivity index (χ1) is 15.9. The minimum absolute atomic E-state index is 0.244. The van der Waals surface area contributed by atoms with Crippen LogP contribution in [0.2, 0.25) is 0 Å². The van der Waals surface area contributed by atoms with Crippen LogP contribution in [0.25, 0.3) is 0 Å². The molecule has 0 unspecified atom stereocenters. The van der Waals surface area contributed by atoms with Gasteiger partial charge < -0.3 is 18.8 Å². The van der Waals surface area contributed by atoms with Gasteiger partial charge in [-0.1, -0.05) is 18.2 Å². The van der Waals surface area contributed by atoms with Crippen LogP contribution < -0.4 is 14.2 Å². The van der Waals surface area contributed by atoms with Gasteiger partial charge in [0.05, 0.1) is 32.9 Å². The van der Waals surface area contributed by atoms with Crippen LogP contribution >= 0.6 is 0 Å². The molecule has 0 radical (unpaired) electrons. The third kappa shape index (κ3) is 4.53. The van der Waals surface area contributed by atoms with E-state index in [2.05, 4.69) is 9.47 Å². The first-order valence-electron chi connectivity index (χ1n) is 10.7. The van der Waals surface area contributed by atoms with Gasteiger partial charge in [0.1, 0.15) is 0 Å². The number of hydrogen-bond donors (Lipinski definition) is 0. The fourth-order valence-corrected chi connectivity index (χ4v) is 4.59. The Hall–Kier alpha value is -3.13. The van der Waals surface area contributed by atoms with E-state index in [1.165, 1.54) is 12.1 Å². The second kappa shape index (κ2) is 9.39. The highest BCUT2D eigenvalue weighted by Crippen LogP contribution is 2.46. The van der Waals surface area contributed by atoms with Crippen LogP contribution in [-0.4, -0.2) is 37.3 Å². The average Bonchev–Trinajstić information content (AvgIpc) is 3.19. The van der Waals surface area contributed by atoms with Crippen LogP contribution in [0.3, 0.4) is 0 Å². The van der Waals surface area contributed by atoms with Gasteiger partial charge in [-0.25, -0.2) is 0 Å². The van der Waals surface area contributed by atoms with Crippen molar-refractivity contribution in [1.29, 1.82) is 0 Å². The molecule has 1 atom stereocenters. The van der Waals surface area contributed by atoms with E-state index in [9.17, 15) is 13.2 Å². The number of halogens is 3. The maximum atomic E-state index is 13.3. The summed E-state index contributed by atoms with van der Waals surface area (Å²) < 4.78 is 58.9. The van der Waals surface area contributed by atoms with Crippen molar-refractivity contribution in [1.82, 2.24) is 9.47 Å². The summed E-state index contributed by atoms with van der Waals surface area (Å²) in [4.78, 5) is 2.19. The zero-order valence-electron chi connectivity index (χ0n) is 18.9. The number of nitrogens with zero attached hydrogens (tertiary/aromatic N) is 2. The molecule has 4 rings (SSSR count). The Morgan fingerprint density at radius 2 is 1.70 bits per heavy atom. The van der Waals surface area contributed by atoms with Gasteiger partial charge in [-0.05, 0) is 42.3 Å². The predicted octanol–water partition coefficient (Wildman–Crippen LogP) is 5.53. The van der Waals surface area contributed by atoms with Gasteiger partial charge in [0, 0.05) is 37.1 Å². The van der Waals surface area contributed by atoms with Crippen LogP contribution in [-0.2, 0) is 19.3 Å². The van der Waals surface area contributed by atoms with Gasteiger partial charge in [0.25, 0.3) is 0 Å². The number of fused-ring (bicyclic) bond motifs is 1. The van der Waals surface area contributed by atoms with Gasteiger partial charge in [0.2, 0.25) is 5.75 Å². The van der Waals surface area contributed by atoms with Crippen LogP contribution in [0.1, 0.15) is 34.8 Å². The zero-order valence-corrected chi connectivity index (χ0v) is 18.9. The number of hydrogen-bond acceptors (Lipinski definition) is 4. The van der Waals surface area contributed by atoms with E-state index in [0.29, 0.717) is 35.9 Å². The van der Waals surface area contributed by atoms with Crippen molar-refractivity contribution in [2.24, 2.45) is 0 Å². The van der Waals surface area contributed by atoms with Crippen molar-refractivity contribution in [2.75, 3.05) is 27.9 Å². The Kier molecular flexibility index (Phi) is 6.56. The molecule has 0 aliphatic carbocycles. The van der Waals surface area contributed by atoms with E-state index in [4.69, 9.17) is 14.2 Å². The second-order valence-electron chi connectivity index (χ2n) is 7.97. The van der Waals surface area contributed by atoms with Crippen molar-refractivity contribution in [3.63, 3.8) is 0 Å². The van der Waals surface area contributed by atoms with Crippen LogP contribution in [0.5, 0.6) is 17.2 Å². The van der Waals surface area contributed by atoms with E-state index in [1.54, 1.807) is 27.4 Å². The Bertz CT molecular complexity index is 1110. The van der Waals surface area contributed by atoms with Crippen molar-refractivity contribution >= 4 is 0 Å². The lowest BCUT2D eigenvalue weighted by Gasteiger charge is -2.32. The molecule has 2 aromatic carbocycles. The van der Waals surface area contributed by atoms with E-state index in [0.717, 1.165) is 30.3 Å². The molecule has 5 nitrogen and oxygen atoms in total. The maximum Gasteiger partial charge on any atom is 0.416 e. The molecule has 8 heteroatoms. The minimum Gasteiger partial charge on any atom is -0.493 e. The molecule has 33 heavy (non-hydrogen) atoms. The quantitative estimate of drug-likeness (QED) is 0.485. The molecule has 0 spiro atoms. The van der Waals surface area contributed by atoms with Crippen molar-refractivity contribution < 1.29 is 27.4 Å². The highest BCUT2D eigenvalue weighted by molar-refractivity contribution is 5.58. The van der Waals surface area contributed by atoms with Crippen molar-refractivity contribution in [3.05, 3.63) is 77.1 Å². The fraction of sp³-hybridized carbons (Fsp3) is 0.360. The molecule has 3 aromatic rings. The van der Waals surface area contributed by atoms with Gasteiger partial charge in [-0.3, -0.25) is 4.90 Å². The first-order valence-corrected chi connectivity index (χ1v) is 10.7. The standard InChI is InChI=1S/C25H27F3N2O3/c1-31-21-11-10-19(23(32-2)24(21)33-3)22-20-9-5-12-29(20)13-6-14-30(22)16-17-7-4-8-18(15-17)25(26,27)28/h4-5,7-12,15,22H,6,13-14,16H2,1-3H3/t22-/m0/s1. The second-order valence-corrected chi connectivity index (χ2v) is 7.97. The Morgan fingerprint density at radius 1 is 0.909 bits per heavy atom. The zero-order chi connectivity index (χ0) is 23.6. The van der Waals surface area contributed by atoms with Gasteiger partial charge >= 0.3 is 6.18 Å².